The SMILES string of the molecule is COC(=O)[C@H](Cc1ccc(-c2c(C)cc(C)n(C)c2=O)c2c1COC2)NC(=O)c1c(F)cc(NC(C)C)cc1F.COC(=O)[C@H](Cc1ccc(B2OC(C)(C)C(C)(C)O2)c2c1COC2)NC(=O)c1c(F)cc(NC(C)C)cc1F.Cc1cc(C)n(C)c(=O)c1-c1ccc(C[C@H](NC(=O)c2c(F)cc(NC(C)C)cc2F)C(=O)O)c2c1COC2.Cc1cc(C)n(C)c(=O)c1Cl.O.[Li+].[OH-]. The van der Waals surface area contributed by atoms with Crippen LogP contribution in [0, 0.1) is 76.4 Å². The molecule has 0 spiro atoms. The minimum atomic E-state index is -1.46. The normalized spacial score (nSPS) is 14.2. The molecule has 132 heavy (non-hydrogen) atoms. The number of methoxy groups -OCH3 is 2. The summed E-state index contributed by atoms with van der Waals surface area (Å²) in [6, 6.07) is 18.5. The van der Waals surface area contributed by atoms with E-state index in [4.69, 9.17) is 44.6 Å². The number of aryl methyl sites for hydroxylation is 6. The number of halogens is 7. The Morgan fingerprint density at radius 2 is 0.727 bits per heavy atom. The Morgan fingerprint density at radius 1 is 0.447 bits per heavy atom. The first kappa shape index (κ1) is 108. The number of hydrogen-bond donors (Lipinski definition) is 7. The average molecular weight is 1850 g/mol. The summed E-state index contributed by atoms with van der Waals surface area (Å²) in [6.07, 6.45) is -0.121. The van der Waals surface area contributed by atoms with Gasteiger partial charge in [0.25, 0.3) is 34.4 Å². The van der Waals surface area contributed by atoms with Crippen LogP contribution in [0.25, 0.3) is 22.3 Å². The van der Waals surface area contributed by atoms with Crippen LogP contribution in [-0.4, -0.2) is 134 Å². The van der Waals surface area contributed by atoms with Crippen LogP contribution in [0.15, 0.2) is 105 Å². The number of esters is 2. The molecule has 0 unspecified atom stereocenters. The van der Waals surface area contributed by atoms with Gasteiger partial charge in [0.1, 0.15) is 74.7 Å². The largest absolute Gasteiger partial charge is 1.00 e. The van der Waals surface area contributed by atoms with E-state index in [1.807, 2.05) is 127 Å². The predicted octanol–water partition coefficient (Wildman–Crippen LogP) is 9.82. The molecule has 4 aliphatic rings. The molecule has 28 nitrogen and oxygen atoms in total. The molecule has 6 aromatic carbocycles. The van der Waals surface area contributed by atoms with Crippen molar-refractivity contribution in [3.05, 3.63) is 263 Å². The maximum atomic E-state index is 14.8. The van der Waals surface area contributed by atoms with E-state index >= 15 is 0 Å². The molecule has 3 aromatic heterocycles. The second-order valence-corrected chi connectivity index (χ2v) is 34.7. The van der Waals surface area contributed by atoms with E-state index in [2.05, 4.69) is 31.9 Å². The number of fused-ring (bicyclic) bond motifs is 3. The van der Waals surface area contributed by atoms with E-state index in [1.54, 1.807) is 68.4 Å². The number of carboxylic acid groups (broad SMARTS) is 1. The first-order valence-electron chi connectivity index (χ1n) is 41.8. The van der Waals surface area contributed by atoms with Crippen LogP contribution in [0.3, 0.4) is 0 Å². The Labute approximate surface area is 778 Å². The van der Waals surface area contributed by atoms with Gasteiger partial charge in [0, 0.05) is 92.7 Å². The zero-order valence-electron chi connectivity index (χ0n) is 78.0. The number of benzene rings is 6. The molecular formula is C95H112BClF6LiN9O19. The van der Waals surface area contributed by atoms with Crippen molar-refractivity contribution in [2.45, 2.75) is 217 Å². The monoisotopic (exact) mass is 1850 g/mol. The number of hydrogen-bond acceptors (Lipinski definition) is 20. The van der Waals surface area contributed by atoms with Crippen LogP contribution in [-0.2, 0) is 127 Å². The molecule has 1 saturated heterocycles. The van der Waals surface area contributed by atoms with Crippen molar-refractivity contribution in [2.24, 2.45) is 21.1 Å². The van der Waals surface area contributed by atoms with E-state index in [9.17, 15) is 74.6 Å². The zero-order valence-corrected chi connectivity index (χ0v) is 78.7. The Hall–Kier alpha value is -11.4. The van der Waals surface area contributed by atoms with Gasteiger partial charge >= 0.3 is 43.9 Å². The maximum absolute atomic E-state index is 14.8. The third kappa shape index (κ3) is 24.2. The number of pyridine rings is 3. The number of carboxylic acids is 1. The summed E-state index contributed by atoms with van der Waals surface area (Å²) in [5, 5.41) is 25.9. The van der Waals surface area contributed by atoms with Gasteiger partial charge in [-0.1, -0.05) is 48.0 Å². The molecular weight excluding hydrogens is 1740 g/mol. The topological polar surface area (TPSA) is 387 Å². The van der Waals surface area contributed by atoms with E-state index in [0.717, 1.165) is 120 Å². The number of carbonyl (C=O) groups excluding carboxylic acids is 5. The van der Waals surface area contributed by atoms with Crippen LogP contribution in [0.5, 0.6) is 0 Å². The van der Waals surface area contributed by atoms with E-state index in [-0.39, 0.29) is 127 Å². The molecule has 0 saturated carbocycles. The number of aliphatic carboxylic acids is 1. The fourth-order valence-corrected chi connectivity index (χ4v) is 15.9. The Kier molecular flexibility index (Phi) is 36.6. The van der Waals surface area contributed by atoms with Crippen LogP contribution in [0.1, 0.15) is 184 Å². The summed E-state index contributed by atoms with van der Waals surface area (Å²) < 4.78 is 132. The second kappa shape index (κ2) is 44.9. The summed E-state index contributed by atoms with van der Waals surface area (Å²) in [5.41, 5.74) is 12.1. The number of nitrogens with one attached hydrogen (secondary N) is 6. The van der Waals surface area contributed by atoms with E-state index in [1.165, 1.54) is 18.8 Å². The standard InChI is InChI=1S/C30H33F2N3O5.C29H31F2N3O5.C28H35BF2N2O6.C8H10ClNO.Li.2H2O/c1-15(2)33-19-11-23(31)27(24(32)12-19)28(36)34-25(30(38)39-6)10-18-7-8-20(22-14-40-13-21(18)22)26-16(3)9-17(4)35(5)29(26)37;1-14(2)32-18-10-22(30)26(23(31)11-18)27(35)33-24(29(37)38)9-17-6-7-19(21-13-39-12-20(17)21)25-15(3)8-16(4)34(5)28(25)36;1-15(2)32-17-11-21(30)24(22(31)12-17)25(34)33-23(26(35)36-7)10-16-8-9-20(19-14-37-13-18(16)19)29-38-27(3,4)28(5,6)39-29;1-5-4-6(2)10(3)8(11)7(5)9;;;/h7-9,11-12,15,25,33H,10,13-14H2,1-6H3,(H,34,36);6-8,10-11,14,24,32H,9,12-13H2,1-5H3,(H,33,35)(H,37,38);8-9,11-12,15,23,32H,10,13-14H2,1-7H3,(H,33,34);4H,1-3H3;;2*1H2/q;;;;+1;;/p-1/t25-;24-;23-;;;;/m000..../s1. The molecule has 3 atom stereocenters. The average Bonchev–Trinajstić information content (AvgIpc) is 1.38. The van der Waals surface area contributed by atoms with E-state index in [0.29, 0.717) is 46.1 Å². The Bertz CT molecular complexity index is 5970. The van der Waals surface area contributed by atoms with Crippen LogP contribution >= 0.6 is 11.6 Å². The van der Waals surface area contributed by atoms with Gasteiger partial charge in [0.15, 0.2) is 0 Å². The zero-order chi connectivity index (χ0) is 95.2. The second-order valence-electron chi connectivity index (χ2n) is 34.3. The molecule has 0 radical (unpaired) electrons. The summed E-state index contributed by atoms with van der Waals surface area (Å²) in [4.78, 5) is 114. The number of carbonyl (C=O) groups is 6. The van der Waals surface area contributed by atoms with E-state index < -0.39 is 124 Å². The fraction of sp³-hybridized carbons (Fsp3) is 0.400. The van der Waals surface area contributed by atoms with Crippen LogP contribution in [0.2, 0.25) is 5.02 Å². The molecule has 10 N–H and O–H groups in total. The predicted molar refractivity (Wildman–Crippen MR) is 484 cm³/mol. The third-order valence-electron chi connectivity index (χ3n) is 23.3. The van der Waals surface area contributed by atoms with Crippen molar-refractivity contribution in [1.82, 2.24) is 29.7 Å². The minimum absolute atomic E-state index is 0. The van der Waals surface area contributed by atoms with Gasteiger partial charge in [-0.2, -0.15) is 0 Å². The van der Waals surface area contributed by atoms with Gasteiger partial charge in [-0.15, -0.1) is 0 Å². The van der Waals surface area contributed by atoms with Gasteiger partial charge in [-0.3, -0.25) is 28.8 Å². The molecule has 0 aliphatic carbocycles. The number of ether oxygens (including phenoxy) is 5. The van der Waals surface area contributed by atoms with Gasteiger partial charge in [0.05, 0.1) is 76.2 Å². The third-order valence-corrected chi connectivity index (χ3v) is 23.8. The molecule has 9 aromatic rings. The van der Waals surface area contributed by atoms with Crippen molar-refractivity contribution >= 4 is 76.9 Å². The number of anilines is 3. The molecule has 37 heteroatoms. The van der Waals surface area contributed by atoms with Crippen molar-refractivity contribution < 1.29 is 123 Å². The Balaban J connectivity index is 0.000000252. The summed E-state index contributed by atoms with van der Waals surface area (Å²) >= 11 is 5.72. The van der Waals surface area contributed by atoms with Gasteiger partial charge in [-0.05, 0) is 249 Å². The number of nitrogens with zero attached hydrogens (tertiary/aromatic N) is 3. The minimum Gasteiger partial charge on any atom is -0.870 e. The molecule has 0 bridgehead atoms. The summed E-state index contributed by atoms with van der Waals surface area (Å²) in [5.74, 6) is -12.6. The van der Waals surface area contributed by atoms with Gasteiger partial charge in [0.2, 0.25) is 0 Å². The van der Waals surface area contributed by atoms with Crippen LogP contribution < -0.4 is 72.9 Å². The number of amides is 3. The number of rotatable bonds is 24. The van der Waals surface area contributed by atoms with Gasteiger partial charge in [-0.25, -0.2) is 40.7 Å². The quantitative estimate of drug-likeness (QED) is 0.0168. The molecule has 1 fully saturated rings. The summed E-state index contributed by atoms with van der Waals surface area (Å²) in [6.45, 7) is 31.5. The molecule has 704 valence electrons. The smallest absolute Gasteiger partial charge is 0.870 e. The number of aromatic nitrogens is 3. The van der Waals surface area contributed by atoms with Crippen molar-refractivity contribution in [1.29, 1.82) is 0 Å². The molecule has 13 rings (SSSR count). The maximum Gasteiger partial charge on any atom is 1.00 e. The van der Waals surface area contributed by atoms with Crippen LogP contribution in [0.4, 0.5) is 43.4 Å². The molecule has 7 heterocycles. The first-order valence-corrected chi connectivity index (χ1v) is 42.2. The fourth-order valence-electron chi connectivity index (χ4n) is 15.7. The first-order chi connectivity index (χ1) is 60.6. The van der Waals surface area contributed by atoms with Crippen molar-refractivity contribution in [2.75, 3.05) is 30.2 Å². The summed E-state index contributed by atoms with van der Waals surface area (Å²) in [7, 11) is 6.89. The van der Waals surface area contributed by atoms with Crippen molar-refractivity contribution in [3.8, 4) is 22.3 Å². The van der Waals surface area contributed by atoms with Gasteiger partial charge < -0.3 is 94.7 Å². The Morgan fingerprint density at radius 3 is 1.05 bits per heavy atom. The van der Waals surface area contributed by atoms with Crippen molar-refractivity contribution in [3.63, 3.8) is 0 Å². The molecule has 4 aliphatic heterocycles. The molecule has 3 amide bonds.